The summed E-state index contributed by atoms with van der Waals surface area (Å²) in [4.78, 5) is 11.3. The molecular weight excluding hydrogens is 282 g/mol. The molecule has 1 aromatic carbocycles. The Morgan fingerprint density at radius 1 is 1.40 bits per heavy atom. The number of hydrogen-bond acceptors (Lipinski definition) is 4. The van der Waals surface area contributed by atoms with Gasteiger partial charge in [0.2, 0.25) is 0 Å². The monoisotopic (exact) mass is 293 g/mol. The first kappa shape index (κ1) is 12.7. The number of carbonyl (C=O) groups is 1. The third kappa shape index (κ3) is 1.76. The number of aromatic amines is 1. The lowest BCUT2D eigenvalue weighted by atomic mass is 10.0. The molecule has 0 spiro atoms. The lowest BCUT2D eigenvalue weighted by Gasteiger charge is -2.18. The van der Waals surface area contributed by atoms with Gasteiger partial charge in [-0.3, -0.25) is 14.2 Å². The van der Waals surface area contributed by atoms with Gasteiger partial charge in [0.05, 0.1) is 18.4 Å². The first-order chi connectivity index (χ1) is 9.51. The molecule has 1 aliphatic heterocycles. The number of aliphatic carboxylic acids is 1. The van der Waals surface area contributed by atoms with Gasteiger partial charge in [0, 0.05) is 6.20 Å². The molecule has 1 aliphatic rings. The molecule has 20 heavy (non-hydrogen) atoms. The molecule has 1 atom stereocenters. The Bertz CT molecular complexity index is 755. The first-order valence-electron chi connectivity index (χ1n) is 5.85. The molecule has 0 amide bonds. The van der Waals surface area contributed by atoms with Crippen LogP contribution in [0.25, 0.3) is 0 Å². The maximum Gasteiger partial charge on any atom is 0.312 e. The molecule has 0 saturated carbocycles. The summed E-state index contributed by atoms with van der Waals surface area (Å²) in [6.45, 7) is -0.109. The summed E-state index contributed by atoms with van der Waals surface area (Å²) in [5.41, 5.74) is 0.910. The maximum atomic E-state index is 12.5. The van der Waals surface area contributed by atoms with Crippen molar-refractivity contribution in [1.29, 1.82) is 0 Å². The van der Waals surface area contributed by atoms with Gasteiger partial charge < -0.3 is 5.11 Å². The Balaban J connectivity index is 2.12. The van der Waals surface area contributed by atoms with Crippen LogP contribution in [0.1, 0.15) is 11.5 Å². The van der Waals surface area contributed by atoms with Crippen LogP contribution in [0.4, 0.5) is 5.69 Å². The van der Waals surface area contributed by atoms with Gasteiger partial charge in [0.25, 0.3) is 10.0 Å². The van der Waals surface area contributed by atoms with Crippen LogP contribution in [0.3, 0.4) is 0 Å². The quantitative estimate of drug-likeness (QED) is 0.870. The Kier molecular flexibility index (Phi) is 2.75. The number of sulfonamides is 1. The molecule has 0 radical (unpaired) electrons. The number of nitrogens with one attached hydrogen (secondary N) is 1. The van der Waals surface area contributed by atoms with Crippen molar-refractivity contribution in [1.82, 2.24) is 10.2 Å². The lowest BCUT2D eigenvalue weighted by Crippen LogP contribution is -2.31. The van der Waals surface area contributed by atoms with E-state index in [0.29, 0.717) is 11.3 Å². The molecule has 0 fully saturated rings. The van der Waals surface area contributed by atoms with Crippen LogP contribution in [0.2, 0.25) is 0 Å². The van der Waals surface area contributed by atoms with E-state index in [-0.39, 0.29) is 11.4 Å². The highest BCUT2D eigenvalue weighted by Crippen LogP contribution is 2.39. The van der Waals surface area contributed by atoms with Crippen molar-refractivity contribution in [3.05, 3.63) is 42.2 Å². The molecule has 2 N–H and O–H groups in total. The van der Waals surface area contributed by atoms with Crippen LogP contribution in [0.5, 0.6) is 0 Å². The summed E-state index contributed by atoms with van der Waals surface area (Å²) in [7, 11) is -3.80. The fourth-order valence-electron chi connectivity index (χ4n) is 2.32. The number of fused-ring (bicyclic) bond motifs is 1. The van der Waals surface area contributed by atoms with Crippen LogP contribution in [0, 0.1) is 0 Å². The number of benzene rings is 1. The summed E-state index contributed by atoms with van der Waals surface area (Å²) in [5.74, 6) is -1.89. The third-order valence-corrected chi connectivity index (χ3v) is 5.03. The highest BCUT2D eigenvalue weighted by atomic mass is 32.2. The number of anilines is 1. The zero-order chi connectivity index (χ0) is 14.3. The van der Waals surface area contributed by atoms with Crippen molar-refractivity contribution in [2.24, 2.45) is 0 Å². The van der Waals surface area contributed by atoms with Gasteiger partial charge in [0.15, 0.2) is 0 Å². The molecule has 1 aromatic heterocycles. The summed E-state index contributed by atoms with van der Waals surface area (Å²) >= 11 is 0. The van der Waals surface area contributed by atoms with Crippen molar-refractivity contribution in [2.75, 3.05) is 10.8 Å². The second-order valence-electron chi connectivity index (χ2n) is 4.42. The van der Waals surface area contributed by atoms with Gasteiger partial charge in [-0.25, -0.2) is 8.42 Å². The van der Waals surface area contributed by atoms with Crippen LogP contribution in [0.15, 0.2) is 41.6 Å². The summed E-state index contributed by atoms with van der Waals surface area (Å²) < 4.78 is 26.1. The number of carboxylic acid groups (broad SMARTS) is 1. The van der Waals surface area contributed by atoms with Crippen molar-refractivity contribution < 1.29 is 18.3 Å². The van der Waals surface area contributed by atoms with E-state index in [1.165, 1.54) is 12.4 Å². The predicted octanol–water partition coefficient (Wildman–Crippen LogP) is 0.787. The Labute approximate surface area is 114 Å². The average molecular weight is 293 g/mol. The van der Waals surface area contributed by atoms with E-state index in [0.717, 1.165) is 4.31 Å². The molecule has 2 aromatic rings. The molecule has 0 bridgehead atoms. The maximum absolute atomic E-state index is 12.5. The largest absolute Gasteiger partial charge is 0.481 e. The fourth-order valence-corrected chi connectivity index (χ4v) is 3.73. The number of aromatic nitrogens is 2. The number of carboxylic acids is 1. The van der Waals surface area contributed by atoms with E-state index in [4.69, 9.17) is 0 Å². The van der Waals surface area contributed by atoms with Gasteiger partial charge in [-0.15, -0.1) is 0 Å². The highest BCUT2D eigenvalue weighted by Gasteiger charge is 2.39. The predicted molar refractivity (Wildman–Crippen MR) is 69.9 cm³/mol. The van der Waals surface area contributed by atoms with Crippen molar-refractivity contribution in [2.45, 2.75) is 10.8 Å². The number of rotatable bonds is 3. The Morgan fingerprint density at radius 2 is 2.15 bits per heavy atom. The topological polar surface area (TPSA) is 103 Å². The molecule has 2 heterocycles. The normalized spacial score (nSPS) is 18.0. The van der Waals surface area contributed by atoms with E-state index < -0.39 is 21.9 Å². The minimum Gasteiger partial charge on any atom is -0.481 e. The van der Waals surface area contributed by atoms with Gasteiger partial charge in [-0.2, -0.15) is 5.10 Å². The molecular formula is C12H11N3O4S. The van der Waals surface area contributed by atoms with E-state index in [9.17, 15) is 18.3 Å². The number of para-hydroxylation sites is 1. The van der Waals surface area contributed by atoms with Crippen LogP contribution >= 0.6 is 0 Å². The SMILES string of the molecule is O=C(O)C1CN(S(=O)(=O)c2cn[nH]c2)c2ccccc21. The Hall–Kier alpha value is -2.35. The lowest BCUT2D eigenvalue weighted by molar-refractivity contribution is -0.138. The standard InChI is InChI=1S/C12H11N3O4S/c16-12(17)10-7-15(11-4-2-1-3-9(10)11)20(18,19)8-5-13-14-6-8/h1-6,10H,7H2,(H,13,14)(H,16,17). The van der Waals surface area contributed by atoms with Gasteiger partial charge in [-0.1, -0.05) is 18.2 Å². The van der Waals surface area contributed by atoms with Crippen LogP contribution < -0.4 is 4.31 Å². The zero-order valence-electron chi connectivity index (χ0n) is 10.2. The Morgan fingerprint density at radius 3 is 2.80 bits per heavy atom. The summed E-state index contributed by atoms with van der Waals surface area (Å²) in [5, 5.41) is 15.3. The summed E-state index contributed by atoms with van der Waals surface area (Å²) in [6, 6.07) is 6.62. The smallest absolute Gasteiger partial charge is 0.312 e. The highest BCUT2D eigenvalue weighted by molar-refractivity contribution is 7.92. The van der Waals surface area contributed by atoms with E-state index in [1.807, 2.05) is 0 Å². The van der Waals surface area contributed by atoms with Crippen molar-refractivity contribution >= 4 is 21.7 Å². The number of H-pyrrole nitrogens is 1. The van der Waals surface area contributed by atoms with E-state index in [1.54, 1.807) is 24.3 Å². The molecule has 0 aliphatic carbocycles. The second kappa shape index (κ2) is 4.34. The minimum absolute atomic E-state index is 0.0124. The first-order valence-corrected chi connectivity index (χ1v) is 7.29. The number of nitrogens with zero attached hydrogens (tertiary/aromatic N) is 2. The second-order valence-corrected chi connectivity index (χ2v) is 6.28. The zero-order valence-corrected chi connectivity index (χ0v) is 11.0. The van der Waals surface area contributed by atoms with Crippen LogP contribution in [-0.4, -0.2) is 36.2 Å². The summed E-state index contributed by atoms with van der Waals surface area (Å²) in [6.07, 6.45) is 2.47. The molecule has 104 valence electrons. The van der Waals surface area contributed by atoms with Crippen molar-refractivity contribution in [3.63, 3.8) is 0 Å². The van der Waals surface area contributed by atoms with Gasteiger partial charge >= 0.3 is 5.97 Å². The van der Waals surface area contributed by atoms with E-state index in [2.05, 4.69) is 10.2 Å². The van der Waals surface area contributed by atoms with Crippen molar-refractivity contribution in [3.8, 4) is 0 Å². The molecule has 8 heteroatoms. The van der Waals surface area contributed by atoms with Gasteiger partial charge in [0.1, 0.15) is 10.8 Å². The van der Waals surface area contributed by atoms with E-state index >= 15 is 0 Å². The average Bonchev–Trinajstić information content (AvgIpc) is 3.07. The van der Waals surface area contributed by atoms with Gasteiger partial charge in [-0.05, 0) is 11.6 Å². The molecule has 7 nitrogen and oxygen atoms in total. The fraction of sp³-hybridized carbons (Fsp3) is 0.167. The minimum atomic E-state index is -3.80. The van der Waals surface area contributed by atoms with Crippen LogP contribution in [-0.2, 0) is 14.8 Å². The number of hydrogen-bond donors (Lipinski definition) is 2. The molecule has 1 unspecified atom stereocenters. The molecule has 0 saturated heterocycles. The molecule has 3 rings (SSSR count). The third-order valence-electron chi connectivity index (χ3n) is 3.29.